The van der Waals surface area contributed by atoms with Crippen LogP contribution in [-0.2, 0) is 0 Å². The molecule has 0 saturated heterocycles. The molecular weight excluding hydrogens is 240 g/mol. The number of pyridine rings is 1. The van der Waals surface area contributed by atoms with Gasteiger partial charge in [-0.3, -0.25) is 9.78 Å². The number of aromatic nitrogens is 1. The van der Waals surface area contributed by atoms with E-state index in [1.54, 1.807) is 12.3 Å². The number of aliphatic hydroxyl groups excluding tert-OH is 1. The summed E-state index contributed by atoms with van der Waals surface area (Å²) < 4.78 is 0. The zero-order chi connectivity index (χ0) is 13.7. The predicted octanol–water partition coefficient (Wildman–Crippen LogP) is 2.13. The monoisotopic (exact) mass is 258 g/mol. The van der Waals surface area contributed by atoms with Gasteiger partial charge in [0.1, 0.15) is 0 Å². The number of para-hydroxylation sites is 1. The highest BCUT2D eigenvalue weighted by molar-refractivity contribution is 6.05. The van der Waals surface area contributed by atoms with Gasteiger partial charge in [0.25, 0.3) is 5.91 Å². The fourth-order valence-corrected chi connectivity index (χ4v) is 1.94. The van der Waals surface area contributed by atoms with Gasteiger partial charge in [-0.2, -0.15) is 0 Å². The van der Waals surface area contributed by atoms with Gasteiger partial charge in [0.2, 0.25) is 0 Å². The van der Waals surface area contributed by atoms with Gasteiger partial charge < -0.3 is 10.4 Å². The lowest BCUT2D eigenvalue weighted by atomic mass is 10.1. The van der Waals surface area contributed by atoms with E-state index in [4.69, 9.17) is 0 Å². The fraction of sp³-hybridized carbons (Fsp3) is 0.333. The van der Waals surface area contributed by atoms with Crippen LogP contribution in [0.25, 0.3) is 10.9 Å². The number of nitrogens with zero attached hydrogens (tertiary/aromatic N) is 1. The zero-order valence-corrected chi connectivity index (χ0v) is 11.0. The lowest BCUT2D eigenvalue weighted by Crippen LogP contribution is -2.27. The predicted molar refractivity (Wildman–Crippen MR) is 75.0 cm³/mol. The Morgan fingerprint density at radius 1 is 1.37 bits per heavy atom. The molecule has 1 aromatic carbocycles. The van der Waals surface area contributed by atoms with Crippen molar-refractivity contribution in [2.24, 2.45) is 0 Å². The van der Waals surface area contributed by atoms with Crippen molar-refractivity contribution < 1.29 is 9.90 Å². The summed E-state index contributed by atoms with van der Waals surface area (Å²) in [6.07, 6.45) is 2.59. The van der Waals surface area contributed by atoms with Crippen molar-refractivity contribution in [3.8, 4) is 0 Å². The number of hydrogen-bond donors (Lipinski definition) is 2. The van der Waals surface area contributed by atoms with E-state index < -0.39 is 0 Å². The van der Waals surface area contributed by atoms with E-state index in [2.05, 4.69) is 10.3 Å². The number of aliphatic hydroxyl groups is 1. The van der Waals surface area contributed by atoms with Crippen molar-refractivity contribution in [1.82, 2.24) is 10.3 Å². The molecule has 4 nitrogen and oxygen atoms in total. The standard InChI is InChI=1S/C15H18N2O2/c1-2-12(18)8-10-17-15(19)13-7-3-5-11-6-4-9-16-14(11)13/h3-7,9,12,18H,2,8,10H2,1H3,(H,17,19). The number of nitrogens with one attached hydrogen (secondary N) is 1. The third-order valence-corrected chi connectivity index (χ3v) is 3.11. The van der Waals surface area contributed by atoms with E-state index in [0.29, 0.717) is 30.5 Å². The third-order valence-electron chi connectivity index (χ3n) is 3.11. The Morgan fingerprint density at radius 3 is 2.95 bits per heavy atom. The van der Waals surface area contributed by atoms with Crippen LogP contribution in [0.3, 0.4) is 0 Å². The molecule has 2 rings (SSSR count). The molecule has 0 aliphatic carbocycles. The fourth-order valence-electron chi connectivity index (χ4n) is 1.94. The first-order valence-corrected chi connectivity index (χ1v) is 6.52. The van der Waals surface area contributed by atoms with Crippen molar-refractivity contribution in [3.05, 3.63) is 42.1 Å². The van der Waals surface area contributed by atoms with Crippen LogP contribution < -0.4 is 5.32 Å². The molecule has 0 spiro atoms. The number of amides is 1. The highest BCUT2D eigenvalue weighted by Gasteiger charge is 2.10. The Balaban J connectivity index is 2.09. The quantitative estimate of drug-likeness (QED) is 0.863. The van der Waals surface area contributed by atoms with Crippen LogP contribution >= 0.6 is 0 Å². The maximum atomic E-state index is 12.1. The molecule has 1 amide bonds. The van der Waals surface area contributed by atoms with E-state index in [9.17, 15) is 9.90 Å². The number of rotatable bonds is 5. The minimum absolute atomic E-state index is 0.146. The van der Waals surface area contributed by atoms with E-state index in [-0.39, 0.29) is 12.0 Å². The summed E-state index contributed by atoms with van der Waals surface area (Å²) in [6, 6.07) is 9.32. The molecule has 2 aromatic rings. The zero-order valence-electron chi connectivity index (χ0n) is 11.0. The molecule has 100 valence electrons. The maximum absolute atomic E-state index is 12.1. The minimum Gasteiger partial charge on any atom is -0.393 e. The molecule has 1 atom stereocenters. The van der Waals surface area contributed by atoms with Crippen molar-refractivity contribution in [2.45, 2.75) is 25.9 Å². The van der Waals surface area contributed by atoms with Gasteiger partial charge in [-0.1, -0.05) is 25.1 Å². The molecule has 0 radical (unpaired) electrons. The summed E-state index contributed by atoms with van der Waals surface area (Å²) in [5, 5.41) is 13.2. The third kappa shape index (κ3) is 3.29. The number of carbonyl (C=O) groups is 1. The number of hydrogen-bond acceptors (Lipinski definition) is 3. The van der Waals surface area contributed by atoms with Gasteiger partial charge in [-0.25, -0.2) is 0 Å². The summed E-state index contributed by atoms with van der Waals surface area (Å²) in [5.74, 6) is -0.146. The van der Waals surface area contributed by atoms with Crippen LogP contribution in [-0.4, -0.2) is 28.6 Å². The second-order valence-electron chi connectivity index (χ2n) is 4.49. The molecule has 0 fully saturated rings. The van der Waals surface area contributed by atoms with Crippen LogP contribution in [0.15, 0.2) is 36.5 Å². The average Bonchev–Trinajstić information content (AvgIpc) is 2.46. The second kappa shape index (κ2) is 6.29. The maximum Gasteiger partial charge on any atom is 0.253 e. The van der Waals surface area contributed by atoms with E-state index >= 15 is 0 Å². The highest BCUT2D eigenvalue weighted by Crippen LogP contribution is 2.15. The molecule has 1 aromatic heterocycles. The van der Waals surface area contributed by atoms with Crippen LogP contribution in [0.4, 0.5) is 0 Å². The molecule has 0 aliphatic rings. The van der Waals surface area contributed by atoms with E-state index in [0.717, 1.165) is 5.39 Å². The van der Waals surface area contributed by atoms with Crippen molar-refractivity contribution in [1.29, 1.82) is 0 Å². The van der Waals surface area contributed by atoms with E-state index in [1.807, 2.05) is 31.2 Å². The van der Waals surface area contributed by atoms with Crippen molar-refractivity contribution >= 4 is 16.8 Å². The van der Waals surface area contributed by atoms with Crippen LogP contribution in [0.1, 0.15) is 30.1 Å². The van der Waals surface area contributed by atoms with Crippen LogP contribution in [0.2, 0.25) is 0 Å². The van der Waals surface area contributed by atoms with Crippen molar-refractivity contribution in [2.75, 3.05) is 6.54 Å². The SMILES string of the molecule is CCC(O)CCNC(=O)c1cccc2cccnc12. The van der Waals surface area contributed by atoms with Crippen molar-refractivity contribution in [3.63, 3.8) is 0 Å². The summed E-state index contributed by atoms with van der Waals surface area (Å²) in [7, 11) is 0. The second-order valence-corrected chi connectivity index (χ2v) is 4.49. The molecule has 0 aliphatic heterocycles. The number of fused-ring (bicyclic) bond motifs is 1. The molecule has 19 heavy (non-hydrogen) atoms. The normalized spacial score (nSPS) is 12.3. The van der Waals surface area contributed by atoms with Gasteiger partial charge in [0, 0.05) is 18.1 Å². The summed E-state index contributed by atoms with van der Waals surface area (Å²) >= 11 is 0. The first kappa shape index (κ1) is 13.5. The smallest absolute Gasteiger partial charge is 0.253 e. The lowest BCUT2D eigenvalue weighted by molar-refractivity contribution is 0.0943. The summed E-state index contributed by atoms with van der Waals surface area (Å²) in [4.78, 5) is 16.3. The number of benzene rings is 1. The van der Waals surface area contributed by atoms with Gasteiger partial charge in [-0.15, -0.1) is 0 Å². The van der Waals surface area contributed by atoms with Crippen LogP contribution in [0.5, 0.6) is 0 Å². The first-order chi connectivity index (χ1) is 9.22. The molecule has 2 N–H and O–H groups in total. The minimum atomic E-state index is -0.356. The van der Waals surface area contributed by atoms with Gasteiger partial charge in [0.15, 0.2) is 0 Å². The Kier molecular flexibility index (Phi) is 4.47. The van der Waals surface area contributed by atoms with Gasteiger partial charge >= 0.3 is 0 Å². The molecular formula is C15H18N2O2. The van der Waals surface area contributed by atoms with Gasteiger partial charge in [-0.05, 0) is 25.0 Å². The Bertz CT molecular complexity index is 564. The molecule has 1 unspecified atom stereocenters. The number of carbonyl (C=O) groups excluding carboxylic acids is 1. The Hall–Kier alpha value is -1.94. The largest absolute Gasteiger partial charge is 0.393 e. The van der Waals surface area contributed by atoms with E-state index in [1.165, 1.54) is 0 Å². The summed E-state index contributed by atoms with van der Waals surface area (Å²) in [5.41, 5.74) is 1.28. The lowest BCUT2D eigenvalue weighted by Gasteiger charge is -2.09. The molecule has 4 heteroatoms. The summed E-state index contributed by atoms with van der Waals surface area (Å²) in [6.45, 7) is 2.39. The van der Waals surface area contributed by atoms with Gasteiger partial charge in [0.05, 0.1) is 17.2 Å². The highest BCUT2D eigenvalue weighted by atomic mass is 16.3. The molecule has 0 saturated carbocycles. The average molecular weight is 258 g/mol. The Labute approximate surface area is 112 Å². The molecule has 1 heterocycles. The molecule has 0 bridgehead atoms. The Morgan fingerprint density at radius 2 is 2.16 bits per heavy atom. The first-order valence-electron chi connectivity index (χ1n) is 6.52. The topological polar surface area (TPSA) is 62.2 Å². The van der Waals surface area contributed by atoms with Crippen LogP contribution in [0, 0.1) is 0 Å².